The Morgan fingerprint density at radius 1 is 1.55 bits per heavy atom. The molecule has 1 aromatic heterocycles. The first kappa shape index (κ1) is 7.71. The number of aromatic hydroxyl groups is 1. The summed E-state index contributed by atoms with van der Waals surface area (Å²) in [7, 11) is 0. The van der Waals surface area contributed by atoms with Crippen LogP contribution < -0.4 is 5.56 Å². The fraction of sp³-hybridized carbons (Fsp3) is 0.167. The molecule has 0 spiro atoms. The maximum Gasteiger partial charge on any atom is 0.268 e. The number of H-pyrrole nitrogens is 1. The predicted octanol–water partition coefficient (Wildman–Crippen LogP) is 1.02. The molecule has 1 aromatic rings. The second kappa shape index (κ2) is 2.69. The van der Waals surface area contributed by atoms with Crippen LogP contribution in [0.2, 0.25) is 0 Å². The van der Waals surface area contributed by atoms with Crippen molar-refractivity contribution in [1.82, 2.24) is 4.98 Å². The fourth-order valence-electron chi connectivity index (χ4n) is 0.647. The molecule has 2 N–H and O–H groups in total. The number of hydrogen-bond donors (Lipinski definition) is 2. The van der Waals surface area contributed by atoms with Gasteiger partial charge in [0.15, 0.2) is 0 Å². The van der Waals surface area contributed by atoms with Crippen LogP contribution >= 0.6 is 0 Å². The molecule has 0 amide bonds. The number of halogens is 2. The number of aromatic nitrogens is 1. The van der Waals surface area contributed by atoms with Crippen LogP contribution in [-0.4, -0.2) is 10.1 Å². The largest absolute Gasteiger partial charge is 0.507 e. The number of aromatic amines is 1. The van der Waals surface area contributed by atoms with E-state index in [9.17, 15) is 13.6 Å². The van der Waals surface area contributed by atoms with Gasteiger partial charge in [0.2, 0.25) is 0 Å². The first-order valence-electron chi connectivity index (χ1n) is 2.81. The van der Waals surface area contributed by atoms with Gasteiger partial charge in [-0.3, -0.25) is 4.79 Å². The maximum absolute atomic E-state index is 11.9. The Bertz CT molecular complexity index is 308. The highest BCUT2D eigenvalue weighted by atomic mass is 19.3. The average Bonchev–Trinajstić information content (AvgIpc) is 1.85. The molecule has 0 radical (unpaired) electrons. The van der Waals surface area contributed by atoms with Gasteiger partial charge in [-0.2, -0.15) is 0 Å². The molecule has 0 aromatic carbocycles. The third kappa shape index (κ3) is 1.54. The fourth-order valence-corrected chi connectivity index (χ4v) is 0.647. The second-order valence-electron chi connectivity index (χ2n) is 1.94. The lowest BCUT2D eigenvalue weighted by molar-refractivity contribution is 0.147. The molecule has 0 fully saturated rings. The van der Waals surface area contributed by atoms with E-state index < -0.39 is 23.3 Å². The van der Waals surface area contributed by atoms with E-state index in [0.29, 0.717) is 6.07 Å². The summed E-state index contributed by atoms with van der Waals surface area (Å²) in [5.41, 5.74) is -1.17. The zero-order chi connectivity index (χ0) is 8.43. The minimum Gasteiger partial charge on any atom is -0.507 e. The quantitative estimate of drug-likeness (QED) is 0.646. The molecule has 60 valence electrons. The van der Waals surface area contributed by atoms with Crippen molar-refractivity contribution in [2.75, 3.05) is 0 Å². The summed E-state index contributed by atoms with van der Waals surface area (Å²) in [5.74, 6) is -0.677. The van der Waals surface area contributed by atoms with Gasteiger partial charge in [-0.25, -0.2) is 8.78 Å². The van der Waals surface area contributed by atoms with Crippen molar-refractivity contribution in [3.8, 4) is 5.75 Å². The van der Waals surface area contributed by atoms with Gasteiger partial charge in [0, 0.05) is 12.3 Å². The van der Waals surface area contributed by atoms with E-state index in [-0.39, 0.29) is 0 Å². The lowest BCUT2D eigenvalue weighted by Gasteiger charge is -1.99. The van der Waals surface area contributed by atoms with E-state index in [0.717, 1.165) is 6.20 Å². The standard InChI is InChI=1S/C6H5F2NO2/c7-6(8)3-2-9-5(11)1-4(3)10/h1-2,6H,(H2,9,10,11). The van der Waals surface area contributed by atoms with Crippen LogP contribution in [0.1, 0.15) is 12.0 Å². The summed E-state index contributed by atoms with van der Waals surface area (Å²) in [6, 6.07) is 0.710. The molecule has 0 aliphatic heterocycles. The predicted molar refractivity (Wildman–Crippen MR) is 33.7 cm³/mol. The molecule has 0 atom stereocenters. The van der Waals surface area contributed by atoms with Crippen molar-refractivity contribution >= 4 is 0 Å². The smallest absolute Gasteiger partial charge is 0.268 e. The van der Waals surface area contributed by atoms with Crippen molar-refractivity contribution < 1.29 is 13.9 Å². The van der Waals surface area contributed by atoms with Crippen LogP contribution in [0.4, 0.5) is 8.78 Å². The Morgan fingerprint density at radius 2 is 2.18 bits per heavy atom. The summed E-state index contributed by atoms with van der Waals surface area (Å²) in [6.07, 6.45) is -1.98. The maximum atomic E-state index is 11.9. The summed E-state index contributed by atoms with van der Waals surface area (Å²) in [5, 5.41) is 8.76. The first-order valence-corrected chi connectivity index (χ1v) is 2.81. The molecule has 3 nitrogen and oxygen atoms in total. The van der Waals surface area contributed by atoms with E-state index in [1.54, 1.807) is 0 Å². The van der Waals surface area contributed by atoms with Crippen LogP contribution in [0, 0.1) is 0 Å². The van der Waals surface area contributed by atoms with Crippen LogP contribution in [-0.2, 0) is 0 Å². The second-order valence-corrected chi connectivity index (χ2v) is 1.94. The van der Waals surface area contributed by atoms with E-state index >= 15 is 0 Å². The molecule has 0 aliphatic rings. The average molecular weight is 161 g/mol. The van der Waals surface area contributed by atoms with Gasteiger partial charge in [-0.1, -0.05) is 0 Å². The van der Waals surface area contributed by atoms with Crippen molar-refractivity contribution in [3.63, 3.8) is 0 Å². The van der Waals surface area contributed by atoms with Crippen LogP contribution in [0.25, 0.3) is 0 Å². The van der Waals surface area contributed by atoms with Gasteiger partial charge in [-0.15, -0.1) is 0 Å². The van der Waals surface area contributed by atoms with Crippen molar-refractivity contribution in [1.29, 1.82) is 0 Å². The normalized spacial score (nSPS) is 10.5. The summed E-state index contributed by atoms with van der Waals surface area (Å²) >= 11 is 0. The molecule has 0 bridgehead atoms. The Hall–Kier alpha value is -1.39. The van der Waals surface area contributed by atoms with Crippen LogP contribution in [0.15, 0.2) is 17.1 Å². The van der Waals surface area contributed by atoms with Gasteiger partial charge in [0.25, 0.3) is 12.0 Å². The third-order valence-corrected chi connectivity index (χ3v) is 1.17. The van der Waals surface area contributed by atoms with Gasteiger partial charge in [-0.05, 0) is 0 Å². The summed E-state index contributed by atoms with van der Waals surface area (Å²) in [4.78, 5) is 12.4. The van der Waals surface area contributed by atoms with Crippen molar-refractivity contribution in [3.05, 3.63) is 28.2 Å². The lowest BCUT2D eigenvalue weighted by Crippen LogP contribution is -2.03. The van der Waals surface area contributed by atoms with E-state index in [1.807, 2.05) is 4.98 Å². The summed E-state index contributed by atoms with van der Waals surface area (Å²) < 4.78 is 23.8. The van der Waals surface area contributed by atoms with Gasteiger partial charge >= 0.3 is 0 Å². The molecule has 1 rings (SSSR count). The number of rotatable bonds is 1. The van der Waals surface area contributed by atoms with Gasteiger partial charge in [0.05, 0.1) is 5.56 Å². The Morgan fingerprint density at radius 3 is 2.64 bits per heavy atom. The molecule has 11 heavy (non-hydrogen) atoms. The molecule has 0 saturated heterocycles. The first-order chi connectivity index (χ1) is 5.11. The molecular weight excluding hydrogens is 156 g/mol. The highest BCUT2D eigenvalue weighted by Crippen LogP contribution is 2.24. The number of hydrogen-bond acceptors (Lipinski definition) is 2. The molecule has 0 aliphatic carbocycles. The highest BCUT2D eigenvalue weighted by molar-refractivity contribution is 5.29. The zero-order valence-corrected chi connectivity index (χ0v) is 5.34. The third-order valence-electron chi connectivity index (χ3n) is 1.17. The minimum absolute atomic E-state index is 0.565. The Kier molecular flexibility index (Phi) is 1.89. The zero-order valence-electron chi connectivity index (χ0n) is 5.34. The highest BCUT2D eigenvalue weighted by Gasteiger charge is 2.11. The number of alkyl halides is 2. The summed E-state index contributed by atoms with van der Waals surface area (Å²) in [6.45, 7) is 0. The van der Waals surface area contributed by atoms with E-state index in [1.165, 1.54) is 0 Å². The Balaban J connectivity index is 3.20. The molecule has 1 heterocycles. The molecule has 0 unspecified atom stereocenters. The minimum atomic E-state index is -2.77. The number of nitrogens with one attached hydrogen (secondary N) is 1. The monoisotopic (exact) mass is 161 g/mol. The molecule has 0 saturated carbocycles. The molecule has 5 heteroatoms. The van der Waals surface area contributed by atoms with Crippen molar-refractivity contribution in [2.45, 2.75) is 6.43 Å². The SMILES string of the molecule is O=c1cc(O)c(C(F)F)c[nH]1. The van der Waals surface area contributed by atoms with Crippen molar-refractivity contribution in [2.24, 2.45) is 0 Å². The van der Waals surface area contributed by atoms with E-state index in [2.05, 4.69) is 0 Å². The van der Waals surface area contributed by atoms with Gasteiger partial charge < -0.3 is 10.1 Å². The molecular formula is C6H5F2NO2. The number of pyridine rings is 1. The van der Waals surface area contributed by atoms with Crippen LogP contribution in [0.3, 0.4) is 0 Å². The lowest BCUT2D eigenvalue weighted by atomic mass is 10.3. The Labute approximate surface area is 60.3 Å². The van der Waals surface area contributed by atoms with Crippen LogP contribution in [0.5, 0.6) is 5.75 Å². The van der Waals surface area contributed by atoms with Gasteiger partial charge in [0.1, 0.15) is 5.75 Å². The van der Waals surface area contributed by atoms with E-state index in [4.69, 9.17) is 5.11 Å². The topological polar surface area (TPSA) is 53.1 Å².